The van der Waals surface area contributed by atoms with E-state index in [4.69, 9.17) is 11.6 Å². The number of amides is 2. The van der Waals surface area contributed by atoms with Gasteiger partial charge >= 0.3 is 0 Å². The van der Waals surface area contributed by atoms with Crippen molar-refractivity contribution in [3.8, 4) is 0 Å². The molecule has 0 saturated carbocycles. The molecule has 1 heterocycles. The highest BCUT2D eigenvalue weighted by atomic mass is 35.5. The van der Waals surface area contributed by atoms with Crippen LogP contribution in [-0.2, 0) is 9.59 Å². The number of likely N-dealkylation sites (tertiary alicyclic amines) is 1. The number of carbonyl (C=O) groups is 2. The molecule has 1 saturated heterocycles. The van der Waals surface area contributed by atoms with E-state index < -0.39 is 0 Å². The summed E-state index contributed by atoms with van der Waals surface area (Å²) in [5.41, 5.74) is 0.746. The lowest BCUT2D eigenvalue weighted by Crippen LogP contribution is -2.43. The van der Waals surface area contributed by atoms with Crippen molar-refractivity contribution in [3.05, 3.63) is 29.3 Å². The Kier molecular flexibility index (Phi) is 8.22. The molecule has 0 aliphatic carbocycles. The SMILES string of the molecule is CCCCCNC(=O)C1CCN(CC(=O)Nc2ccc(Cl)cc2)CC1. The summed E-state index contributed by atoms with van der Waals surface area (Å²) in [4.78, 5) is 26.4. The average Bonchev–Trinajstić information content (AvgIpc) is 2.61. The number of halogens is 1. The van der Waals surface area contributed by atoms with Crippen LogP contribution in [0.1, 0.15) is 39.0 Å². The molecule has 2 amide bonds. The van der Waals surface area contributed by atoms with E-state index in [1.807, 2.05) is 0 Å². The van der Waals surface area contributed by atoms with Crippen molar-refractivity contribution < 1.29 is 9.59 Å². The van der Waals surface area contributed by atoms with Crippen molar-refractivity contribution in [2.75, 3.05) is 31.5 Å². The number of rotatable bonds is 8. The van der Waals surface area contributed by atoms with Gasteiger partial charge in [0.2, 0.25) is 11.8 Å². The zero-order valence-electron chi connectivity index (χ0n) is 14.9. The average molecular weight is 366 g/mol. The summed E-state index contributed by atoms with van der Waals surface area (Å²) < 4.78 is 0. The molecule has 6 heteroatoms. The van der Waals surface area contributed by atoms with Crippen molar-refractivity contribution in [1.82, 2.24) is 10.2 Å². The summed E-state index contributed by atoms with van der Waals surface area (Å²) in [7, 11) is 0. The zero-order chi connectivity index (χ0) is 18.1. The predicted molar refractivity (Wildman–Crippen MR) is 102 cm³/mol. The van der Waals surface area contributed by atoms with E-state index >= 15 is 0 Å². The Morgan fingerprint density at radius 2 is 1.84 bits per heavy atom. The highest BCUT2D eigenvalue weighted by molar-refractivity contribution is 6.30. The fourth-order valence-electron chi connectivity index (χ4n) is 3.02. The molecule has 0 radical (unpaired) electrons. The molecule has 1 aromatic carbocycles. The fourth-order valence-corrected chi connectivity index (χ4v) is 3.15. The van der Waals surface area contributed by atoms with Gasteiger partial charge in [-0.25, -0.2) is 0 Å². The van der Waals surface area contributed by atoms with E-state index in [-0.39, 0.29) is 17.7 Å². The van der Waals surface area contributed by atoms with Crippen LogP contribution in [0.4, 0.5) is 5.69 Å². The first-order valence-electron chi connectivity index (χ1n) is 9.14. The van der Waals surface area contributed by atoms with Crippen molar-refractivity contribution in [3.63, 3.8) is 0 Å². The lowest BCUT2D eigenvalue weighted by Gasteiger charge is -2.30. The van der Waals surface area contributed by atoms with Crippen LogP contribution >= 0.6 is 11.6 Å². The van der Waals surface area contributed by atoms with Gasteiger partial charge in [0, 0.05) is 23.2 Å². The molecule has 138 valence electrons. The smallest absolute Gasteiger partial charge is 0.238 e. The van der Waals surface area contributed by atoms with E-state index in [1.165, 1.54) is 0 Å². The molecule has 1 aromatic rings. The van der Waals surface area contributed by atoms with Gasteiger partial charge in [-0.05, 0) is 56.6 Å². The molecule has 25 heavy (non-hydrogen) atoms. The van der Waals surface area contributed by atoms with Gasteiger partial charge in [-0.15, -0.1) is 0 Å². The van der Waals surface area contributed by atoms with Crippen LogP contribution in [-0.4, -0.2) is 42.9 Å². The Balaban J connectivity index is 1.66. The summed E-state index contributed by atoms with van der Waals surface area (Å²) in [6.07, 6.45) is 4.99. The van der Waals surface area contributed by atoms with Crippen molar-refractivity contribution >= 4 is 29.1 Å². The zero-order valence-corrected chi connectivity index (χ0v) is 15.6. The molecule has 0 bridgehead atoms. The first-order valence-corrected chi connectivity index (χ1v) is 9.51. The van der Waals surface area contributed by atoms with Gasteiger partial charge in [0.1, 0.15) is 0 Å². The number of hydrogen-bond acceptors (Lipinski definition) is 3. The quantitative estimate of drug-likeness (QED) is 0.695. The second-order valence-electron chi connectivity index (χ2n) is 6.60. The van der Waals surface area contributed by atoms with Crippen LogP contribution in [0.5, 0.6) is 0 Å². The normalized spacial score (nSPS) is 15.8. The minimum absolute atomic E-state index is 0.0372. The van der Waals surface area contributed by atoms with Gasteiger partial charge < -0.3 is 10.6 Å². The highest BCUT2D eigenvalue weighted by Crippen LogP contribution is 2.18. The summed E-state index contributed by atoms with van der Waals surface area (Å²) in [5, 5.41) is 6.55. The molecule has 0 spiro atoms. The third kappa shape index (κ3) is 7.04. The van der Waals surface area contributed by atoms with Crippen molar-refractivity contribution in [2.24, 2.45) is 5.92 Å². The van der Waals surface area contributed by atoms with Crippen LogP contribution in [0.2, 0.25) is 5.02 Å². The minimum Gasteiger partial charge on any atom is -0.356 e. The Morgan fingerprint density at radius 3 is 2.48 bits per heavy atom. The summed E-state index contributed by atoms with van der Waals surface area (Å²) >= 11 is 5.84. The van der Waals surface area contributed by atoms with Crippen LogP contribution in [0.25, 0.3) is 0 Å². The molecule has 0 unspecified atom stereocenters. The molecule has 2 N–H and O–H groups in total. The minimum atomic E-state index is -0.0372. The summed E-state index contributed by atoms with van der Waals surface area (Å²) in [5.74, 6) is 0.211. The van der Waals surface area contributed by atoms with E-state index in [2.05, 4.69) is 22.5 Å². The Bertz CT molecular complexity index is 554. The lowest BCUT2D eigenvalue weighted by atomic mass is 9.96. The number of carbonyl (C=O) groups excluding carboxylic acids is 2. The molecular formula is C19H28ClN3O2. The molecule has 2 rings (SSSR count). The number of benzene rings is 1. The Hall–Kier alpha value is -1.59. The standard InChI is InChI=1S/C19H28ClN3O2/c1-2-3-4-11-21-19(25)15-9-12-23(13-10-15)14-18(24)22-17-7-5-16(20)6-8-17/h5-8,15H,2-4,9-14H2,1H3,(H,21,25)(H,22,24). The maximum atomic E-state index is 12.1. The second-order valence-corrected chi connectivity index (χ2v) is 7.04. The molecule has 1 aliphatic heterocycles. The van der Waals surface area contributed by atoms with Gasteiger partial charge in [-0.2, -0.15) is 0 Å². The van der Waals surface area contributed by atoms with Crippen LogP contribution in [0.15, 0.2) is 24.3 Å². The van der Waals surface area contributed by atoms with E-state index in [0.717, 1.165) is 57.4 Å². The van der Waals surface area contributed by atoms with Crippen LogP contribution in [0.3, 0.4) is 0 Å². The van der Waals surface area contributed by atoms with E-state index in [0.29, 0.717) is 11.6 Å². The van der Waals surface area contributed by atoms with Crippen molar-refractivity contribution in [1.29, 1.82) is 0 Å². The predicted octanol–water partition coefficient (Wildman–Crippen LogP) is 3.30. The van der Waals surface area contributed by atoms with Gasteiger partial charge in [0.05, 0.1) is 6.54 Å². The number of unbranched alkanes of at least 4 members (excludes halogenated alkanes) is 2. The van der Waals surface area contributed by atoms with Gasteiger partial charge in [-0.3, -0.25) is 14.5 Å². The number of anilines is 1. The first kappa shape index (κ1) is 19.7. The lowest BCUT2D eigenvalue weighted by molar-refractivity contribution is -0.126. The largest absolute Gasteiger partial charge is 0.356 e. The third-order valence-electron chi connectivity index (χ3n) is 4.53. The van der Waals surface area contributed by atoms with Gasteiger partial charge in [0.15, 0.2) is 0 Å². The van der Waals surface area contributed by atoms with Crippen LogP contribution in [0, 0.1) is 5.92 Å². The topological polar surface area (TPSA) is 61.4 Å². The highest BCUT2D eigenvalue weighted by Gasteiger charge is 2.25. The number of hydrogen-bond donors (Lipinski definition) is 2. The van der Waals surface area contributed by atoms with Gasteiger partial charge in [-0.1, -0.05) is 31.4 Å². The summed E-state index contributed by atoms with van der Waals surface area (Å²) in [6, 6.07) is 7.08. The molecule has 5 nitrogen and oxygen atoms in total. The van der Waals surface area contributed by atoms with E-state index in [1.54, 1.807) is 24.3 Å². The second kappa shape index (κ2) is 10.4. The molecule has 0 aromatic heterocycles. The number of piperidine rings is 1. The summed E-state index contributed by atoms with van der Waals surface area (Å²) in [6.45, 7) is 4.84. The van der Waals surface area contributed by atoms with Crippen molar-refractivity contribution in [2.45, 2.75) is 39.0 Å². The maximum Gasteiger partial charge on any atom is 0.238 e. The Labute approximate surface area is 155 Å². The van der Waals surface area contributed by atoms with Crippen LogP contribution < -0.4 is 10.6 Å². The number of nitrogens with one attached hydrogen (secondary N) is 2. The maximum absolute atomic E-state index is 12.1. The molecule has 0 atom stereocenters. The molecule has 1 fully saturated rings. The molecular weight excluding hydrogens is 338 g/mol. The Morgan fingerprint density at radius 1 is 1.16 bits per heavy atom. The number of nitrogens with zero attached hydrogens (tertiary/aromatic N) is 1. The van der Waals surface area contributed by atoms with Gasteiger partial charge in [0.25, 0.3) is 0 Å². The fraction of sp³-hybridized carbons (Fsp3) is 0.579. The third-order valence-corrected chi connectivity index (χ3v) is 4.79. The monoisotopic (exact) mass is 365 g/mol. The molecule has 1 aliphatic rings. The first-order chi connectivity index (χ1) is 12.1. The van der Waals surface area contributed by atoms with E-state index in [9.17, 15) is 9.59 Å².